The van der Waals surface area contributed by atoms with Crippen molar-refractivity contribution < 1.29 is 9.59 Å². The molecule has 4 rings (SSSR count). The van der Waals surface area contributed by atoms with Crippen LogP contribution in [0.3, 0.4) is 0 Å². The summed E-state index contributed by atoms with van der Waals surface area (Å²) in [4.78, 5) is 31.8. The Labute approximate surface area is 157 Å². The summed E-state index contributed by atoms with van der Waals surface area (Å²) < 4.78 is 1.81. The van der Waals surface area contributed by atoms with Crippen molar-refractivity contribution in [3.8, 4) is 0 Å². The Hall–Kier alpha value is -2.15. The molecule has 2 aromatic heterocycles. The van der Waals surface area contributed by atoms with E-state index in [2.05, 4.69) is 10.4 Å². The number of aromatic nitrogens is 2. The largest absolute Gasteiger partial charge is 0.368 e. The number of imidazole rings is 1. The van der Waals surface area contributed by atoms with E-state index in [1.54, 1.807) is 23.7 Å². The van der Waals surface area contributed by atoms with Crippen molar-refractivity contribution in [1.29, 1.82) is 0 Å². The molecule has 6 nitrogen and oxygen atoms in total. The number of nitrogens with zero attached hydrogens (tertiary/aromatic N) is 3. The topological polar surface area (TPSA) is 81.2 Å². The molecule has 0 spiro atoms. The molecule has 2 amide bonds. The van der Waals surface area contributed by atoms with Gasteiger partial charge in [-0.2, -0.15) is 0 Å². The van der Waals surface area contributed by atoms with Gasteiger partial charge in [-0.25, -0.2) is 4.98 Å². The van der Waals surface area contributed by atoms with E-state index in [-0.39, 0.29) is 24.3 Å². The average Bonchev–Trinajstić information content (AvgIpc) is 3.27. The van der Waals surface area contributed by atoms with Crippen LogP contribution in [0.1, 0.15) is 58.2 Å². The third-order valence-electron chi connectivity index (χ3n) is 5.45. The molecular formula is C19H24N4O2S. The Balaban J connectivity index is 1.52. The highest BCUT2D eigenvalue weighted by Crippen LogP contribution is 2.33. The minimum absolute atomic E-state index is 0.137. The second-order valence-electron chi connectivity index (χ2n) is 7.25. The summed E-state index contributed by atoms with van der Waals surface area (Å²) in [6.07, 6.45) is 9.95. The molecule has 1 aliphatic heterocycles. The number of hydrogen-bond acceptors (Lipinski definition) is 4. The molecule has 0 bridgehead atoms. The monoisotopic (exact) mass is 372 g/mol. The fourth-order valence-electron chi connectivity index (χ4n) is 4.20. The molecule has 0 aromatic carbocycles. The number of amides is 2. The smallest absolute Gasteiger partial charge is 0.264 e. The van der Waals surface area contributed by atoms with Crippen molar-refractivity contribution in [2.75, 3.05) is 13.1 Å². The summed E-state index contributed by atoms with van der Waals surface area (Å²) in [7, 11) is 0. The van der Waals surface area contributed by atoms with Crippen molar-refractivity contribution >= 4 is 23.2 Å². The number of fused-ring (bicyclic) bond motifs is 1. The summed E-state index contributed by atoms with van der Waals surface area (Å²) in [5.74, 6) is 0.793. The maximum atomic E-state index is 13.1. The molecule has 0 unspecified atom stereocenters. The quantitative estimate of drug-likeness (QED) is 0.894. The van der Waals surface area contributed by atoms with E-state index >= 15 is 0 Å². The van der Waals surface area contributed by atoms with Crippen LogP contribution in [-0.4, -0.2) is 39.4 Å². The van der Waals surface area contributed by atoms with Gasteiger partial charge >= 0.3 is 0 Å². The number of aryl methyl sites for hydroxylation is 1. The number of likely N-dealkylation sites (tertiary alicyclic amines) is 1. The zero-order valence-corrected chi connectivity index (χ0v) is 15.6. The molecule has 3 heterocycles. The third kappa shape index (κ3) is 3.28. The molecule has 2 aromatic rings. The van der Waals surface area contributed by atoms with Crippen molar-refractivity contribution in [1.82, 2.24) is 14.5 Å². The minimum Gasteiger partial charge on any atom is -0.368 e. The van der Waals surface area contributed by atoms with Gasteiger partial charge in [0.25, 0.3) is 5.91 Å². The first-order valence-corrected chi connectivity index (χ1v) is 10.2. The lowest BCUT2D eigenvalue weighted by Crippen LogP contribution is -2.40. The van der Waals surface area contributed by atoms with Crippen LogP contribution in [-0.2, 0) is 24.2 Å². The zero-order valence-electron chi connectivity index (χ0n) is 14.8. The van der Waals surface area contributed by atoms with E-state index in [0.717, 1.165) is 42.9 Å². The second-order valence-corrected chi connectivity index (χ2v) is 8.13. The fourth-order valence-corrected chi connectivity index (χ4v) is 5.32. The highest BCUT2D eigenvalue weighted by atomic mass is 32.1. The molecule has 0 radical (unpaired) electrons. The van der Waals surface area contributed by atoms with Gasteiger partial charge in [0.15, 0.2) is 0 Å². The predicted molar refractivity (Wildman–Crippen MR) is 100 cm³/mol. The van der Waals surface area contributed by atoms with Crippen molar-refractivity contribution in [2.45, 2.75) is 51.0 Å². The van der Waals surface area contributed by atoms with Gasteiger partial charge in [0.1, 0.15) is 12.4 Å². The number of nitrogens with two attached hydrogens (primary N) is 1. The highest BCUT2D eigenvalue weighted by Gasteiger charge is 2.30. The number of carbonyl (C=O) groups is 2. The first kappa shape index (κ1) is 17.3. The lowest BCUT2D eigenvalue weighted by molar-refractivity contribution is -0.118. The van der Waals surface area contributed by atoms with Gasteiger partial charge in [-0.15, -0.1) is 11.3 Å². The van der Waals surface area contributed by atoms with Gasteiger partial charge in [-0.1, -0.05) is 0 Å². The van der Waals surface area contributed by atoms with Crippen LogP contribution < -0.4 is 5.73 Å². The zero-order chi connectivity index (χ0) is 18.1. The first-order valence-electron chi connectivity index (χ1n) is 9.31. The van der Waals surface area contributed by atoms with E-state index in [1.807, 2.05) is 9.47 Å². The van der Waals surface area contributed by atoms with E-state index in [0.29, 0.717) is 6.54 Å². The number of piperidine rings is 1. The molecule has 1 aliphatic carbocycles. The fraction of sp³-hybridized carbons (Fsp3) is 0.526. The van der Waals surface area contributed by atoms with Gasteiger partial charge < -0.3 is 15.2 Å². The third-order valence-corrected chi connectivity index (χ3v) is 6.50. The number of carbonyl (C=O) groups excluding carboxylic acids is 2. The molecule has 138 valence electrons. The van der Waals surface area contributed by atoms with Crippen LogP contribution in [0.2, 0.25) is 0 Å². The van der Waals surface area contributed by atoms with E-state index in [1.165, 1.54) is 24.0 Å². The van der Waals surface area contributed by atoms with E-state index in [4.69, 9.17) is 5.73 Å². The number of thiophene rings is 1. The highest BCUT2D eigenvalue weighted by molar-refractivity contribution is 7.12. The van der Waals surface area contributed by atoms with Crippen LogP contribution in [0.4, 0.5) is 0 Å². The summed E-state index contributed by atoms with van der Waals surface area (Å²) in [6.45, 7) is 1.58. The van der Waals surface area contributed by atoms with Crippen LogP contribution in [0, 0.1) is 0 Å². The molecule has 26 heavy (non-hydrogen) atoms. The Bertz CT molecular complexity index is 825. The van der Waals surface area contributed by atoms with Gasteiger partial charge in [-0.3, -0.25) is 9.59 Å². The van der Waals surface area contributed by atoms with Crippen LogP contribution in [0.5, 0.6) is 0 Å². The van der Waals surface area contributed by atoms with Crippen LogP contribution >= 0.6 is 11.3 Å². The summed E-state index contributed by atoms with van der Waals surface area (Å²) in [5, 5.41) is 2.17. The number of hydrogen-bond donors (Lipinski definition) is 1. The predicted octanol–water partition coefficient (Wildman–Crippen LogP) is 2.33. The van der Waals surface area contributed by atoms with Gasteiger partial charge in [-0.05, 0) is 55.0 Å². The average molecular weight is 372 g/mol. The van der Waals surface area contributed by atoms with Crippen molar-refractivity contribution in [3.05, 3.63) is 39.6 Å². The van der Waals surface area contributed by atoms with E-state index < -0.39 is 0 Å². The Morgan fingerprint density at radius 1 is 1.27 bits per heavy atom. The maximum Gasteiger partial charge on any atom is 0.264 e. The Kier molecular flexibility index (Phi) is 4.80. The van der Waals surface area contributed by atoms with Crippen LogP contribution in [0.25, 0.3) is 0 Å². The molecular weight excluding hydrogens is 348 g/mol. The molecule has 0 saturated carbocycles. The van der Waals surface area contributed by atoms with Crippen molar-refractivity contribution in [2.24, 2.45) is 5.73 Å². The number of rotatable bonds is 4. The Morgan fingerprint density at radius 2 is 2.12 bits per heavy atom. The van der Waals surface area contributed by atoms with Gasteiger partial charge in [0.2, 0.25) is 5.91 Å². The summed E-state index contributed by atoms with van der Waals surface area (Å²) >= 11 is 1.60. The molecule has 2 aliphatic rings. The normalized spacial score (nSPS) is 20.0. The van der Waals surface area contributed by atoms with Gasteiger partial charge in [0, 0.05) is 31.4 Å². The molecule has 7 heteroatoms. The lowest BCUT2D eigenvalue weighted by Gasteiger charge is -2.32. The molecule has 1 saturated heterocycles. The van der Waals surface area contributed by atoms with Gasteiger partial charge in [0.05, 0.1) is 4.88 Å². The molecule has 1 fully saturated rings. The first-order chi connectivity index (χ1) is 12.6. The SMILES string of the molecule is NC(=O)Cn1ccnc1[C@@H]1CCCN(C(=O)c2scc3c2CCCC3)C1. The summed E-state index contributed by atoms with van der Waals surface area (Å²) in [5.41, 5.74) is 7.99. The molecule has 2 N–H and O–H groups in total. The lowest BCUT2D eigenvalue weighted by atomic mass is 9.93. The maximum absolute atomic E-state index is 13.1. The summed E-state index contributed by atoms with van der Waals surface area (Å²) in [6, 6.07) is 0. The van der Waals surface area contributed by atoms with Crippen molar-refractivity contribution in [3.63, 3.8) is 0 Å². The second kappa shape index (κ2) is 7.23. The Morgan fingerprint density at radius 3 is 2.96 bits per heavy atom. The molecule has 1 atom stereocenters. The standard InChI is InChI=1S/C19H24N4O2S/c20-16(24)11-22-9-7-21-18(22)13-5-3-8-23(10-13)19(25)17-15-6-2-1-4-14(15)12-26-17/h7,9,12-13H,1-6,8,10-11H2,(H2,20,24)/t13-/m1/s1. The van der Waals surface area contributed by atoms with Crippen LogP contribution in [0.15, 0.2) is 17.8 Å². The minimum atomic E-state index is -0.377. The van der Waals surface area contributed by atoms with E-state index in [9.17, 15) is 9.59 Å². The number of primary amides is 1.